The normalized spacial score (nSPS) is 27.7. The highest BCUT2D eigenvalue weighted by atomic mass is 16.5. The lowest BCUT2D eigenvalue weighted by atomic mass is 9.82. The molecule has 2 aliphatic heterocycles. The Kier molecular flexibility index (Phi) is 5.92. The number of ether oxygens (including phenoxy) is 1. The molecule has 0 spiro atoms. The highest BCUT2D eigenvalue weighted by Gasteiger charge is 2.46. The number of hydrogen-bond acceptors (Lipinski definition) is 3. The van der Waals surface area contributed by atoms with Gasteiger partial charge in [-0.3, -0.25) is 4.90 Å². The molecule has 2 aliphatic rings. The number of piperidine rings is 1. The van der Waals surface area contributed by atoms with E-state index in [-0.39, 0.29) is 0 Å². The number of fused-ring (bicyclic) bond motifs is 2. The van der Waals surface area contributed by atoms with Gasteiger partial charge in [-0.2, -0.15) is 0 Å². The highest BCUT2D eigenvalue weighted by Crippen LogP contribution is 2.43. The molecule has 0 aliphatic carbocycles. The maximum absolute atomic E-state index is 11.2. The molecule has 144 valence electrons. The lowest BCUT2D eigenvalue weighted by molar-refractivity contribution is -0.0643. The van der Waals surface area contributed by atoms with Gasteiger partial charge >= 0.3 is 0 Å². The fourth-order valence-electron chi connectivity index (χ4n) is 4.94. The Labute approximate surface area is 163 Å². The molecule has 2 bridgehead atoms. The van der Waals surface area contributed by atoms with Crippen molar-refractivity contribution in [2.75, 3.05) is 6.61 Å². The summed E-state index contributed by atoms with van der Waals surface area (Å²) in [7, 11) is 0. The Morgan fingerprint density at radius 2 is 1.48 bits per heavy atom. The number of rotatable bonds is 8. The van der Waals surface area contributed by atoms with Gasteiger partial charge in [0.2, 0.25) is 0 Å². The predicted molar refractivity (Wildman–Crippen MR) is 108 cm³/mol. The van der Waals surface area contributed by atoms with Gasteiger partial charge in [0.15, 0.2) is 0 Å². The summed E-state index contributed by atoms with van der Waals surface area (Å²) in [5.74, 6) is 0. The van der Waals surface area contributed by atoms with E-state index in [1.807, 2.05) is 18.2 Å². The van der Waals surface area contributed by atoms with Crippen molar-refractivity contribution in [2.45, 2.75) is 69.4 Å². The minimum absolute atomic E-state index is 0.505. The standard InChI is InChI=1S/C24H31NO2/c26-24(14-7-15-27-19-21-10-5-2-6-11-21)16-22-12-13-23(17-24)25(22)18-20-8-3-1-4-9-20/h1-6,8-11,22-23,26H,7,12-19H2. The SMILES string of the molecule is OC1(CCCOCc2ccccc2)CC2CCC(C1)N2Cc1ccccc1. The van der Waals surface area contributed by atoms with E-state index in [9.17, 15) is 5.11 Å². The zero-order chi connectivity index (χ0) is 18.5. The molecule has 2 heterocycles. The van der Waals surface area contributed by atoms with E-state index in [0.29, 0.717) is 18.7 Å². The lowest BCUT2D eigenvalue weighted by Gasteiger charge is -2.44. The molecule has 0 saturated carbocycles. The topological polar surface area (TPSA) is 32.7 Å². The van der Waals surface area contributed by atoms with Gasteiger partial charge in [-0.15, -0.1) is 0 Å². The molecule has 4 rings (SSSR count). The third-order valence-electron chi connectivity index (χ3n) is 6.25. The zero-order valence-corrected chi connectivity index (χ0v) is 16.1. The van der Waals surface area contributed by atoms with Crippen molar-refractivity contribution < 1.29 is 9.84 Å². The van der Waals surface area contributed by atoms with Gasteiger partial charge in [-0.05, 0) is 49.7 Å². The van der Waals surface area contributed by atoms with Crippen LogP contribution in [0.25, 0.3) is 0 Å². The summed E-state index contributed by atoms with van der Waals surface area (Å²) in [5, 5.41) is 11.2. The van der Waals surface area contributed by atoms with Crippen LogP contribution in [0.2, 0.25) is 0 Å². The van der Waals surface area contributed by atoms with Crippen LogP contribution in [0.1, 0.15) is 49.7 Å². The van der Waals surface area contributed by atoms with Crippen molar-refractivity contribution in [1.82, 2.24) is 4.90 Å². The Bertz CT molecular complexity index is 689. The van der Waals surface area contributed by atoms with Crippen LogP contribution in [-0.4, -0.2) is 34.3 Å². The fourth-order valence-corrected chi connectivity index (χ4v) is 4.94. The molecular formula is C24H31NO2. The van der Waals surface area contributed by atoms with Crippen molar-refractivity contribution in [3.63, 3.8) is 0 Å². The minimum Gasteiger partial charge on any atom is -0.390 e. The Morgan fingerprint density at radius 3 is 2.11 bits per heavy atom. The van der Waals surface area contributed by atoms with Crippen LogP contribution in [0, 0.1) is 0 Å². The van der Waals surface area contributed by atoms with E-state index in [2.05, 4.69) is 47.4 Å². The molecule has 2 aromatic rings. The molecule has 0 amide bonds. The van der Waals surface area contributed by atoms with Crippen molar-refractivity contribution in [3.8, 4) is 0 Å². The molecule has 2 fully saturated rings. The van der Waals surface area contributed by atoms with Gasteiger partial charge in [0.1, 0.15) is 0 Å². The monoisotopic (exact) mass is 365 g/mol. The van der Waals surface area contributed by atoms with Crippen LogP contribution in [-0.2, 0) is 17.9 Å². The first-order valence-corrected chi connectivity index (χ1v) is 10.4. The summed E-state index contributed by atoms with van der Waals surface area (Å²) < 4.78 is 5.80. The summed E-state index contributed by atoms with van der Waals surface area (Å²) in [6.45, 7) is 2.40. The van der Waals surface area contributed by atoms with Crippen LogP contribution in [0.3, 0.4) is 0 Å². The minimum atomic E-state index is -0.505. The van der Waals surface area contributed by atoms with Crippen LogP contribution < -0.4 is 0 Å². The quantitative estimate of drug-likeness (QED) is 0.697. The molecule has 1 N–H and O–H groups in total. The summed E-state index contributed by atoms with van der Waals surface area (Å²) in [6.07, 6.45) is 6.06. The lowest BCUT2D eigenvalue weighted by Crippen LogP contribution is -2.50. The first-order chi connectivity index (χ1) is 13.2. The second-order valence-electron chi connectivity index (χ2n) is 8.32. The molecule has 2 saturated heterocycles. The fraction of sp³-hybridized carbons (Fsp3) is 0.500. The summed E-state index contributed by atoms with van der Waals surface area (Å²) >= 11 is 0. The molecule has 2 aromatic carbocycles. The molecule has 3 heteroatoms. The number of benzene rings is 2. The van der Waals surface area contributed by atoms with Crippen LogP contribution in [0.15, 0.2) is 60.7 Å². The van der Waals surface area contributed by atoms with Crippen molar-refractivity contribution in [2.24, 2.45) is 0 Å². The maximum atomic E-state index is 11.2. The van der Waals surface area contributed by atoms with Crippen molar-refractivity contribution in [3.05, 3.63) is 71.8 Å². The predicted octanol–water partition coefficient (Wildman–Crippen LogP) is 4.54. The van der Waals surface area contributed by atoms with Gasteiger partial charge in [-0.25, -0.2) is 0 Å². The van der Waals surface area contributed by atoms with Gasteiger partial charge in [0.05, 0.1) is 12.2 Å². The third kappa shape index (κ3) is 4.78. The van der Waals surface area contributed by atoms with Crippen molar-refractivity contribution >= 4 is 0 Å². The van der Waals surface area contributed by atoms with Gasteiger partial charge < -0.3 is 9.84 Å². The molecule has 27 heavy (non-hydrogen) atoms. The number of nitrogens with zero attached hydrogens (tertiary/aromatic N) is 1. The van der Waals surface area contributed by atoms with Crippen LogP contribution in [0.4, 0.5) is 0 Å². The zero-order valence-electron chi connectivity index (χ0n) is 16.1. The average molecular weight is 366 g/mol. The van der Waals surface area contributed by atoms with E-state index in [4.69, 9.17) is 4.74 Å². The Hall–Kier alpha value is -1.68. The van der Waals surface area contributed by atoms with Gasteiger partial charge in [0.25, 0.3) is 0 Å². The number of hydrogen-bond donors (Lipinski definition) is 1. The van der Waals surface area contributed by atoms with Gasteiger partial charge in [-0.1, -0.05) is 60.7 Å². The average Bonchev–Trinajstić information content (AvgIpc) is 2.94. The van der Waals surface area contributed by atoms with Crippen molar-refractivity contribution in [1.29, 1.82) is 0 Å². The number of aliphatic hydroxyl groups is 1. The second kappa shape index (κ2) is 8.55. The van der Waals surface area contributed by atoms with E-state index in [1.165, 1.54) is 24.0 Å². The maximum Gasteiger partial charge on any atom is 0.0716 e. The first-order valence-electron chi connectivity index (χ1n) is 10.4. The molecule has 2 unspecified atom stereocenters. The molecular weight excluding hydrogens is 334 g/mol. The summed E-state index contributed by atoms with van der Waals surface area (Å²) in [4.78, 5) is 2.63. The largest absolute Gasteiger partial charge is 0.390 e. The molecule has 2 atom stereocenters. The van der Waals surface area contributed by atoms with Crippen LogP contribution >= 0.6 is 0 Å². The van der Waals surface area contributed by atoms with Crippen LogP contribution in [0.5, 0.6) is 0 Å². The summed E-state index contributed by atoms with van der Waals surface area (Å²) in [5.41, 5.74) is 2.09. The summed E-state index contributed by atoms with van der Waals surface area (Å²) in [6, 6.07) is 22.1. The molecule has 0 aromatic heterocycles. The van der Waals surface area contributed by atoms with E-state index < -0.39 is 5.60 Å². The third-order valence-corrected chi connectivity index (χ3v) is 6.25. The second-order valence-corrected chi connectivity index (χ2v) is 8.32. The van der Waals surface area contributed by atoms with E-state index in [1.54, 1.807) is 0 Å². The van der Waals surface area contributed by atoms with E-state index in [0.717, 1.165) is 38.8 Å². The smallest absolute Gasteiger partial charge is 0.0716 e. The first kappa shape index (κ1) is 18.7. The Morgan fingerprint density at radius 1 is 0.889 bits per heavy atom. The molecule has 0 radical (unpaired) electrons. The van der Waals surface area contributed by atoms with Gasteiger partial charge in [0, 0.05) is 25.2 Å². The Balaban J connectivity index is 1.23. The molecule has 3 nitrogen and oxygen atoms in total. The van der Waals surface area contributed by atoms with E-state index >= 15 is 0 Å². The highest BCUT2D eigenvalue weighted by molar-refractivity contribution is 5.16.